The number of amides is 2. The SMILES string of the molecule is C[C@@H]1CN=C(N(C(=O)Nc2ccccc2)c2ccc(F)cc2)S1. The van der Waals surface area contributed by atoms with Gasteiger partial charge < -0.3 is 5.32 Å². The van der Waals surface area contributed by atoms with Crippen molar-refractivity contribution in [2.24, 2.45) is 4.99 Å². The van der Waals surface area contributed by atoms with E-state index in [-0.39, 0.29) is 11.8 Å². The Morgan fingerprint density at radius 2 is 1.91 bits per heavy atom. The van der Waals surface area contributed by atoms with Gasteiger partial charge in [0.2, 0.25) is 0 Å². The van der Waals surface area contributed by atoms with Crippen LogP contribution in [-0.4, -0.2) is 23.0 Å². The van der Waals surface area contributed by atoms with E-state index in [9.17, 15) is 9.18 Å². The zero-order chi connectivity index (χ0) is 16.2. The van der Waals surface area contributed by atoms with Crippen LogP contribution in [0.4, 0.5) is 20.6 Å². The van der Waals surface area contributed by atoms with Gasteiger partial charge in [0.1, 0.15) is 5.82 Å². The van der Waals surface area contributed by atoms with Gasteiger partial charge in [0.05, 0.1) is 12.2 Å². The number of benzene rings is 2. The zero-order valence-corrected chi connectivity index (χ0v) is 13.4. The van der Waals surface area contributed by atoms with Crippen molar-refractivity contribution in [3.05, 3.63) is 60.4 Å². The number of thioether (sulfide) groups is 1. The molecule has 4 nitrogen and oxygen atoms in total. The van der Waals surface area contributed by atoms with E-state index in [1.807, 2.05) is 30.3 Å². The summed E-state index contributed by atoms with van der Waals surface area (Å²) >= 11 is 1.53. The van der Waals surface area contributed by atoms with Crippen molar-refractivity contribution >= 4 is 34.3 Å². The first-order valence-corrected chi connectivity index (χ1v) is 8.14. The average molecular weight is 329 g/mol. The van der Waals surface area contributed by atoms with Gasteiger partial charge in [-0.2, -0.15) is 0 Å². The summed E-state index contributed by atoms with van der Waals surface area (Å²) in [6.07, 6.45) is 0. The molecule has 6 heteroatoms. The number of halogens is 1. The number of carbonyl (C=O) groups is 1. The van der Waals surface area contributed by atoms with Crippen molar-refractivity contribution in [3.63, 3.8) is 0 Å². The number of amidine groups is 1. The van der Waals surface area contributed by atoms with Gasteiger partial charge in [-0.15, -0.1) is 0 Å². The van der Waals surface area contributed by atoms with E-state index in [1.54, 1.807) is 12.1 Å². The van der Waals surface area contributed by atoms with E-state index in [0.717, 1.165) is 0 Å². The van der Waals surface area contributed by atoms with E-state index in [2.05, 4.69) is 17.2 Å². The molecule has 1 heterocycles. The molecule has 0 spiro atoms. The number of urea groups is 1. The Hall–Kier alpha value is -2.34. The van der Waals surface area contributed by atoms with Crippen LogP contribution in [0.5, 0.6) is 0 Å². The van der Waals surface area contributed by atoms with Crippen LogP contribution in [0.3, 0.4) is 0 Å². The standard InChI is InChI=1S/C17H16FN3OS/c1-12-11-19-17(23-12)21(15-9-7-13(18)8-10-15)16(22)20-14-5-3-2-4-6-14/h2-10,12H,11H2,1H3,(H,20,22)/t12-/m1/s1. The lowest BCUT2D eigenvalue weighted by atomic mass is 10.3. The van der Waals surface area contributed by atoms with Gasteiger partial charge in [0, 0.05) is 10.9 Å². The predicted octanol–water partition coefficient (Wildman–Crippen LogP) is 4.36. The van der Waals surface area contributed by atoms with Crippen LogP contribution in [0.1, 0.15) is 6.92 Å². The number of para-hydroxylation sites is 1. The number of hydrogen-bond acceptors (Lipinski definition) is 3. The molecular weight excluding hydrogens is 313 g/mol. The number of carbonyl (C=O) groups excluding carboxylic acids is 1. The summed E-state index contributed by atoms with van der Waals surface area (Å²) in [6, 6.07) is 14.7. The summed E-state index contributed by atoms with van der Waals surface area (Å²) in [5.41, 5.74) is 1.28. The third-order valence-corrected chi connectivity index (χ3v) is 4.37. The normalized spacial score (nSPS) is 16.8. The second kappa shape index (κ2) is 6.83. The smallest absolute Gasteiger partial charge is 0.307 e. The van der Waals surface area contributed by atoms with Crippen LogP contribution in [0.2, 0.25) is 0 Å². The van der Waals surface area contributed by atoms with Crippen molar-refractivity contribution in [1.29, 1.82) is 0 Å². The molecule has 2 amide bonds. The molecule has 0 saturated carbocycles. The van der Waals surface area contributed by atoms with Crippen LogP contribution in [0.25, 0.3) is 0 Å². The molecule has 0 unspecified atom stereocenters. The molecule has 0 bridgehead atoms. The van der Waals surface area contributed by atoms with Crippen molar-refractivity contribution in [2.45, 2.75) is 12.2 Å². The second-order valence-electron chi connectivity index (χ2n) is 5.16. The van der Waals surface area contributed by atoms with E-state index in [4.69, 9.17) is 0 Å². The molecule has 1 atom stereocenters. The molecule has 1 aliphatic heterocycles. The molecular formula is C17H16FN3OS. The first kappa shape index (κ1) is 15.6. The Balaban J connectivity index is 1.88. The fourth-order valence-electron chi connectivity index (χ4n) is 2.19. The summed E-state index contributed by atoms with van der Waals surface area (Å²) in [5, 5.41) is 3.79. The number of nitrogens with zero attached hydrogens (tertiary/aromatic N) is 2. The van der Waals surface area contributed by atoms with E-state index in [0.29, 0.717) is 28.3 Å². The Morgan fingerprint density at radius 3 is 2.52 bits per heavy atom. The molecule has 0 aromatic heterocycles. The fourth-order valence-corrected chi connectivity index (χ4v) is 3.14. The fraction of sp³-hybridized carbons (Fsp3) is 0.176. The highest BCUT2D eigenvalue weighted by Gasteiger charge is 2.27. The lowest BCUT2D eigenvalue weighted by molar-refractivity contribution is 0.259. The van der Waals surface area contributed by atoms with Crippen molar-refractivity contribution in [1.82, 2.24) is 0 Å². The Morgan fingerprint density at radius 1 is 1.22 bits per heavy atom. The minimum absolute atomic E-state index is 0.317. The summed E-state index contributed by atoms with van der Waals surface area (Å²) in [7, 11) is 0. The van der Waals surface area contributed by atoms with Gasteiger partial charge in [-0.25, -0.2) is 14.1 Å². The second-order valence-corrected chi connectivity index (χ2v) is 6.57. The van der Waals surface area contributed by atoms with Gasteiger partial charge in [-0.3, -0.25) is 4.99 Å². The van der Waals surface area contributed by atoms with E-state index < -0.39 is 0 Å². The average Bonchev–Trinajstić information content (AvgIpc) is 2.96. The first-order valence-electron chi connectivity index (χ1n) is 7.26. The van der Waals surface area contributed by atoms with Gasteiger partial charge >= 0.3 is 6.03 Å². The van der Waals surface area contributed by atoms with Crippen molar-refractivity contribution < 1.29 is 9.18 Å². The molecule has 1 N–H and O–H groups in total. The molecule has 2 aromatic rings. The maximum Gasteiger partial charge on any atom is 0.332 e. The maximum absolute atomic E-state index is 13.2. The summed E-state index contributed by atoms with van der Waals surface area (Å²) in [6.45, 7) is 2.72. The highest BCUT2D eigenvalue weighted by Crippen LogP contribution is 2.28. The largest absolute Gasteiger partial charge is 0.332 e. The van der Waals surface area contributed by atoms with E-state index >= 15 is 0 Å². The molecule has 0 saturated heterocycles. The maximum atomic E-state index is 13.2. The van der Waals surface area contributed by atoms with Gasteiger partial charge in [-0.05, 0) is 36.4 Å². The molecule has 118 valence electrons. The minimum Gasteiger partial charge on any atom is -0.307 e. The molecule has 3 rings (SSSR count). The van der Waals surface area contributed by atoms with Crippen LogP contribution < -0.4 is 10.2 Å². The van der Waals surface area contributed by atoms with E-state index in [1.165, 1.54) is 28.8 Å². The van der Waals surface area contributed by atoms with Crippen LogP contribution >= 0.6 is 11.8 Å². The third kappa shape index (κ3) is 3.71. The minimum atomic E-state index is -0.341. The first-order chi connectivity index (χ1) is 11.1. The van der Waals surface area contributed by atoms with Gasteiger partial charge in [0.25, 0.3) is 0 Å². The monoisotopic (exact) mass is 329 g/mol. The van der Waals surface area contributed by atoms with Crippen LogP contribution in [-0.2, 0) is 0 Å². The summed E-state index contributed by atoms with van der Waals surface area (Å²) < 4.78 is 13.2. The molecule has 23 heavy (non-hydrogen) atoms. The molecule has 1 aliphatic rings. The predicted molar refractivity (Wildman–Crippen MR) is 93.7 cm³/mol. The lowest BCUT2D eigenvalue weighted by Crippen LogP contribution is -2.38. The molecule has 2 aromatic carbocycles. The summed E-state index contributed by atoms with van der Waals surface area (Å²) in [4.78, 5) is 18.6. The molecule has 0 radical (unpaired) electrons. The van der Waals surface area contributed by atoms with Crippen molar-refractivity contribution in [2.75, 3.05) is 16.8 Å². The Bertz CT molecular complexity index is 718. The zero-order valence-electron chi connectivity index (χ0n) is 12.6. The van der Waals surface area contributed by atoms with Gasteiger partial charge in [-0.1, -0.05) is 36.9 Å². The third-order valence-electron chi connectivity index (χ3n) is 3.29. The number of nitrogens with one attached hydrogen (secondary N) is 1. The topological polar surface area (TPSA) is 44.7 Å². The molecule has 0 fully saturated rings. The molecule has 0 aliphatic carbocycles. The Kier molecular flexibility index (Phi) is 4.62. The highest BCUT2D eigenvalue weighted by molar-refractivity contribution is 8.15. The van der Waals surface area contributed by atoms with Crippen LogP contribution in [0, 0.1) is 5.82 Å². The number of anilines is 2. The quantitative estimate of drug-likeness (QED) is 0.890. The highest BCUT2D eigenvalue weighted by atomic mass is 32.2. The number of aliphatic imine (C=N–C) groups is 1. The summed E-state index contributed by atoms with van der Waals surface area (Å²) in [5.74, 6) is -0.341. The lowest BCUT2D eigenvalue weighted by Gasteiger charge is -2.22. The van der Waals surface area contributed by atoms with Gasteiger partial charge in [0.15, 0.2) is 5.17 Å². The number of hydrogen-bond donors (Lipinski definition) is 1. The Labute approximate surface area is 138 Å². The number of rotatable bonds is 2. The van der Waals surface area contributed by atoms with Crippen LogP contribution in [0.15, 0.2) is 59.6 Å². The van der Waals surface area contributed by atoms with Crippen molar-refractivity contribution in [3.8, 4) is 0 Å².